The SMILES string of the molecule is COCCN1CC2(CCN(C(=O)c3cccc(C)n3)CC2)CC1=O.O=C(O)C(F)(F)F. The molecule has 172 valence electrons. The topological polar surface area (TPSA) is 100 Å². The number of alkyl halides is 3. The standard InChI is InChI=1S/C18H25N3O3.C2HF3O2/c1-14-4-3-5-15(19-14)17(23)20-8-6-18(7-9-20)12-16(22)21(13-18)10-11-24-2;3-2(4,5)1(6)7/h3-5H,6-13H2,1-2H3;(H,6,7). The number of likely N-dealkylation sites (tertiary alicyclic amines) is 2. The fraction of sp³-hybridized carbons (Fsp3) is 0.600. The van der Waals surface area contributed by atoms with Crippen LogP contribution in [0.5, 0.6) is 0 Å². The van der Waals surface area contributed by atoms with E-state index in [0.717, 1.165) is 25.1 Å². The molecule has 2 amide bonds. The van der Waals surface area contributed by atoms with Gasteiger partial charge in [0.2, 0.25) is 5.91 Å². The third kappa shape index (κ3) is 6.65. The maximum absolute atomic E-state index is 12.6. The molecule has 0 unspecified atom stereocenters. The summed E-state index contributed by atoms with van der Waals surface area (Å²) in [5, 5.41) is 7.12. The van der Waals surface area contributed by atoms with Gasteiger partial charge in [0, 0.05) is 50.8 Å². The molecule has 1 aromatic rings. The minimum Gasteiger partial charge on any atom is -0.475 e. The number of aliphatic carboxylic acids is 1. The van der Waals surface area contributed by atoms with Crippen LogP contribution >= 0.6 is 0 Å². The van der Waals surface area contributed by atoms with Gasteiger partial charge < -0.3 is 19.6 Å². The van der Waals surface area contributed by atoms with E-state index >= 15 is 0 Å². The second-order valence-corrected chi connectivity index (χ2v) is 7.74. The second kappa shape index (κ2) is 10.1. The van der Waals surface area contributed by atoms with Gasteiger partial charge >= 0.3 is 12.1 Å². The quantitative estimate of drug-likeness (QED) is 0.762. The molecule has 2 saturated heterocycles. The molecule has 2 fully saturated rings. The van der Waals surface area contributed by atoms with Crippen molar-refractivity contribution in [2.24, 2.45) is 5.41 Å². The van der Waals surface area contributed by atoms with Gasteiger partial charge in [-0.3, -0.25) is 9.59 Å². The van der Waals surface area contributed by atoms with Crippen molar-refractivity contribution in [3.05, 3.63) is 29.6 Å². The highest BCUT2D eigenvalue weighted by Crippen LogP contribution is 2.41. The number of nitrogens with zero attached hydrogens (tertiary/aromatic N) is 3. The zero-order chi connectivity index (χ0) is 23.2. The molecule has 11 heteroatoms. The van der Waals surface area contributed by atoms with Crippen LogP contribution in [0.2, 0.25) is 0 Å². The number of carboxylic acid groups (broad SMARTS) is 1. The van der Waals surface area contributed by atoms with Crippen LogP contribution in [0.1, 0.15) is 35.4 Å². The molecule has 0 aliphatic carbocycles. The number of ether oxygens (including phenoxy) is 1. The highest BCUT2D eigenvalue weighted by molar-refractivity contribution is 5.92. The highest BCUT2D eigenvalue weighted by atomic mass is 19.4. The Morgan fingerprint density at radius 2 is 1.87 bits per heavy atom. The number of methoxy groups -OCH3 is 1. The molecule has 0 bridgehead atoms. The normalized spacial score (nSPS) is 18.0. The largest absolute Gasteiger partial charge is 0.490 e. The first kappa shape index (κ1) is 24.6. The zero-order valence-electron chi connectivity index (χ0n) is 17.4. The lowest BCUT2D eigenvalue weighted by Gasteiger charge is -2.38. The molecular formula is C20H26F3N3O5. The summed E-state index contributed by atoms with van der Waals surface area (Å²) < 4.78 is 36.8. The van der Waals surface area contributed by atoms with Crippen molar-refractivity contribution < 1.29 is 37.4 Å². The van der Waals surface area contributed by atoms with E-state index in [-0.39, 0.29) is 17.2 Å². The summed E-state index contributed by atoms with van der Waals surface area (Å²) in [6.07, 6.45) is -2.74. The minimum atomic E-state index is -5.08. The highest BCUT2D eigenvalue weighted by Gasteiger charge is 2.45. The molecule has 2 aliphatic rings. The van der Waals surface area contributed by atoms with E-state index in [4.69, 9.17) is 14.6 Å². The summed E-state index contributed by atoms with van der Waals surface area (Å²) >= 11 is 0. The maximum atomic E-state index is 12.6. The zero-order valence-corrected chi connectivity index (χ0v) is 17.4. The van der Waals surface area contributed by atoms with Crippen LogP contribution in [0.4, 0.5) is 13.2 Å². The van der Waals surface area contributed by atoms with Gasteiger partial charge in [0.05, 0.1) is 6.61 Å². The van der Waals surface area contributed by atoms with Crippen molar-refractivity contribution in [1.29, 1.82) is 0 Å². The number of rotatable bonds is 4. The lowest BCUT2D eigenvalue weighted by atomic mass is 9.77. The number of aromatic nitrogens is 1. The maximum Gasteiger partial charge on any atom is 0.490 e. The van der Waals surface area contributed by atoms with Crippen LogP contribution in [0.15, 0.2) is 18.2 Å². The van der Waals surface area contributed by atoms with E-state index in [9.17, 15) is 22.8 Å². The molecule has 2 aliphatic heterocycles. The van der Waals surface area contributed by atoms with Crippen molar-refractivity contribution in [3.63, 3.8) is 0 Å². The van der Waals surface area contributed by atoms with Gasteiger partial charge in [-0.25, -0.2) is 9.78 Å². The van der Waals surface area contributed by atoms with E-state index in [1.165, 1.54) is 0 Å². The van der Waals surface area contributed by atoms with Crippen LogP contribution in [0.3, 0.4) is 0 Å². The van der Waals surface area contributed by atoms with Gasteiger partial charge in [0.15, 0.2) is 0 Å². The first-order valence-corrected chi connectivity index (χ1v) is 9.77. The summed E-state index contributed by atoms with van der Waals surface area (Å²) in [4.78, 5) is 41.8. The van der Waals surface area contributed by atoms with Crippen molar-refractivity contribution in [3.8, 4) is 0 Å². The molecule has 0 aromatic carbocycles. The fourth-order valence-corrected chi connectivity index (χ4v) is 3.73. The third-order valence-electron chi connectivity index (χ3n) is 5.43. The van der Waals surface area contributed by atoms with E-state index < -0.39 is 12.1 Å². The Morgan fingerprint density at radius 3 is 2.39 bits per heavy atom. The Kier molecular flexibility index (Phi) is 7.99. The Hall–Kier alpha value is -2.69. The average Bonchev–Trinajstić information content (AvgIpc) is 3.01. The van der Waals surface area contributed by atoms with Crippen LogP contribution in [-0.4, -0.2) is 83.7 Å². The second-order valence-electron chi connectivity index (χ2n) is 7.74. The third-order valence-corrected chi connectivity index (χ3v) is 5.43. The molecule has 1 spiro atoms. The van der Waals surface area contributed by atoms with Crippen LogP contribution < -0.4 is 0 Å². The van der Waals surface area contributed by atoms with E-state index in [1.807, 2.05) is 28.9 Å². The van der Waals surface area contributed by atoms with Gasteiger partial charge in [0.1, 0.15) is 5.69 Å². The van der Waals surface area contributed by atoms with Gasteiger partial charge in [-0.05, 0) is 31.9 Å². The number of halogens is 3. The van der Waals surface area contributed by atoms with Gasteiger partial charge in [-0.1, -0.05) is 6.07 Å². The number of amides is 2. The Labute approximate surface area is 178 Å². The summed E-state index contributed by atoms with van der Waals surface area (Å²) in [5.74, 6) is -2.55. The molecule has 1 N–H and O–H groups in total. The van der Waals surface area contributed by atoms with Crippen LogP contribution in [0, 0.1) is 12.3 Å². The lowest BCUT2D eigenvalue weighted by molar-refractivity contribution is -0.192. The molecule has 0 atom stereocenters. The number of hydrogen-bond acceptors (Lipinski definition) is 5. The Bertz CT molecular complexity index is 807. The summed E-state index contributed by atoms with van der Waals surface area (Å²) in [5.41, 5.74) is 1.39. The Morgan fingerprint density at radius 1 is 1.26 bits per heavy atom. The van der Waals surface area contributed by atoms with Crippen LogP contribution in [-0.2, 0) is 14.3 Å². The molecule has 1 aromatic heterocycles. The van der Waals surface area contributed by atoms with Crippen molar-refractivity contribution >= 4 is 17.8 Å². The van der Waals surface area contributed by atoms with Crippen LogP contribution in [0.25, 0.3) is 0 Å². The number of carbonyl (C=O) groups is 3. The average molecular weight is 445 g/mol. The molecule has 3 rings (SSSR count). The number of hydrogen-bond donors (Lipinski definition) is 1. The van der Waals surface area contributed by atoms with Crippen molar-refractivity contribution in [2.45, 2.75) is 32.4 Å². The monoisotopic (exact) mass is 445 g/mol. The summed E-state index contributed by atoms with van der Waals surface area (Å²) in [7, 11) is 1.65. The summed E-state index contributed by atoms with van der Waals surface area (Å²) in [6.45, 7) is 5.30. The smallest absolute Gasteiger partial charge is 0.475 e. The number of piperidine rings is 1. The van der Waals surface area contributed by atoms with Gasteiger partial charge in [0.25, 0.3) is 5.91 Å². The minimum absolute atomic E-state index is 0.00545. The van der Waals surface area contributed by atoms with Gasteiger partial charge in [-0.15, -0.1) is 0 Å². The molecule has 31 heavy (non-hydrogen) atoms. The summed E-state index contributed by atoms with van der Waals surface area (Å²) in [6, 6.07) is 5.52. The predicted molar refractivity (Wildman–Crippen MR) is 103 cm³/mol. The number of carboxylic acids is 1. The predicted octanol–water partition coefficient (Wildman–Crippen LogP) is 2.12. The first-order chi connectivity index (χ1) is 14.5. The lowest BCUT2D eigenvalue weighted by Crippen LogP contribution is -2.44. The molecule has 8 nitrogen and oxygen atoms in total. The Balaban J connectivity index is 0.000000423. The molecule has 0 radical (unpaired) electrons. The van der Waals surface area contributed by atoms with E-state index in [2.05, 4.69) is 4.98 Å². The number of pyridine rings is 1. The molecular weight excluding hydrogens is 419 g/mol. The molecule has 0 saturated carbocycles. The van der Waals surface area contributed by atoms with Crippen molar-refractivity contribution in [1.82, 2.24) is 14.8 Å². The number of aryl methyl sites for hydroxylation is 1. The van der Waals surface area contributed by atoms with Crippen molar-refractivity contribution in [2.75, 3.05) is 39.9 Å². The first-order valence-electron chi connectivity index (χ1n) is 9.77. The molecule has 3 heterocycles. The van der Waals surface area contributed by atoms with E-state index in [1.54, 1.807) is 13.2 Å². The number of carbonyl (C=O) groups excluding carboxylic acids is 2. The fourth-order valence-electron chi connectivity index (χ4n) is 3.73. The van der Waals surface area contributed by atoms with E-state index in [0.29, 0.717) is 38.4 Å². The van der Waals surface area contributed by atoms with Gasteiger partial charge in [-0.2, -0.15) is 13.2 Å².